The number of nitrogens with one attached hydrogen (secondary N) is 1. The summed E-state index contributed by atoms with van der Waals surface area (Å²) in [7, 11) is 0. The minimum absolute atomic E-state index is 0. The Labute approximate surface area is 209 Å². The first-order valence-electron chi connectivity index (χ1n) is 14.0. The molecule has 210 valence electrons. The zero-order chi connectivity index (χ0) is 23.8. The molecule has 1 atom stereocenters. The van der Waals surface area contributed by atoms with Crippen LogP contribution in [0.2, 0.25) is 0 Å². The Hall–Kier alpha value is -0.340. The molecule has 0 rings (SSSR count). The molecule has 34 heavy (non-hydrogen) atoms. The molecule has 0 aliphatic carbocycles. The Morgan fingerprint density at radius 2 is 1.00 bits per heavy atom. The van der Waals surface area contributed by atoms with Crippen LogP contribution < -0.4 is 11.1 Å². The molecule has 7 heteroatoms. The number of hydrogen-bond acceptors (Lipinski definition) is 5. The van der Waals surface area contributed by atoms with E-state index in [0.717, 1.165) is 13.1 Å². The third-order valence-corrected chi connectivity index (χ3v) is 7.04. The van der Waals surface area contributed by atoms with Gasteiger partial charge in [0, 0.05) is 25.4 Å². The zero-order valence-corrected chi connectivity index (χ0v) is 22.3. The van der Waals surface area contributed by atoms with E-state index in [9.17, 15) is 15.3 Å². The van der Waals surface area contributed by atoms with Gasteiger partial charge in [-0.2, -0.15) is 0 Å². The average molecular weight is 499 g/mol. The summed E-state index contributed by atoms with van der Waals surface area (Å²) in [5.41, 5.74) is 5.84. The van der Waals surface area contributed by atoms with Crippen molar-refractivity contribution in [1.82, 2.24) is 5.32 Å². The van der Waals surface area contributed by atoms with Crippen LogP contribution in [0.5, 0.6) is 0 Å². The fraction of sp³-hybridized carbons (Fsp3) is 1.00. The predicted molar refractivity (Wildman–Crippen MR) is 143 cm³/mol. The zero-order valence-electron chi connectivity index (χ0n) is 22.3. The number of rotatable bonds is 26. The van der Waals surface area contributed by atoms with Crippen molar-refractivity contribution in [2.45, 2.75) is 134 Å². The summed E-state index contributed by atoms with van der Waals surface area (Å²) >= 11 is 0. The molecule has 0 spiro atoms. The number of halogens is 2. The van der Waals surface area contributed by atoms with Crippen molar-refractivity contribution in [2.24, 2.45) is 11.7 Å². The summed E-state index contributed by atoms with van der Waals surface area (Å²) < 4.78 is 0. The van der Waals surface area contributed by atoms with Gasteiger partial charge in [-0.1, -0.05) is 103 Å². The fourth-order valence-electron chi connectivity index (χ4n) is 4.77. The SMILES string of the molecule is CCCCCCCCCCCCCCCCCCNCC(CCO)C(N)(CCO)CCO.F.F. The first-order valence-corrected chi connectivity index (χ1v) is 14.0. The Kier molecular flexibility index (Phi) is 32.5. The van der Waals surface area contributed by atoms with Gasteiger partial charge in [0.2, 0.25) is 0 Å². The van der Waals surface area contributed by atoms with E-state index in [1.807, 2.05) is 0 Å². The molecule has 0 aliphatic heterocycles. The van der Waals surface area contributed by atoms with Gasteiger partial charge >= 0.3 is 0 Å². The van der Waals surface area contributed by atoms with Crippen LogP contribution >= 0.6 is 0 Å². The molecule has 5 nitrogen and oxygen atoms in total. The number of hydrogen-bond donors (Lipinski definition) is 5. The van der Waals surface area contributed by atoms with Gasteiger partial charge in [-0.25, -0.2) is 0 Å². The van der Waals surface area contributed by atoms with Gasteiger partial charge in [-0.3, -0.25) is 9.41 Å². The van der Waals surface area contributed by atoms with E-state index in [4.69, 9.17) is 5.73 Å². The normalized spacial score (nSPS) is 12.3. The molecule has 0 saturated heterocycles. The fourth-order valence-corrected chi connectivity index (χ4v) is 4.77. The molecule has 0 aromatic rings. The molecule has 0 aliphatic rings. The molecule has 0 saturated carbocycles. The lowest BCUT2D eigenvalue weighted by molar-refractivity contribution is 0.122. The van der Waals surface area contributed by atoms with Gasteiger partial charge in [0.1, 0.15) is 0 Å². The second kappa shape index (κ2) is 28.9. The van der Waals surface area contributed by atoms with Crippen molar-refractivity contribution in [3.8, 4) is 0 Å². The maximum absolute atomic E-state index is 9.38. The standard InChI is InChI=1S/C27H58N2O3.2FH/c1-2-3-4-5-6-7-8-9-10-11-12-13-14-15-16-17-21-29-25-26(18-22-30)27(28,19-23-31)20-24-32;;/h26,29-32H,2-25,28H2,1H3;2*1H. The second-order valence-corrected chi connectivity index (χ2v) is 9.90. The molecule has 1 unspecified atom stereocenters. The molecule has 0 aromatic carbocycles. The van der Waals surface area contributed by atoms with Crippen LogP contribution in [-0.4, -0.2) is 53.8 Å². The van der Waals surface area contributed by atoms with Gasteiger partial charge < -0.3 is 26.4 Å². The third-order valence-electron chi connectivity index (χ3n) is 7.04. The lowest BCUT2D eigenvalue weighted by atomic mass is 9.77. The summed E-state index contributed by atoms with van der Waals surface area (Å²) in [4.78, 5) is 0. The molecular weight excluding hydrogens is 438 g/mol. The maximum atomic E-state index is 9.38. The van der Waals surface area contributed by atoms with E-state index in [-0.39, 0.29) is 35.1 Å². The van der Waals surface area contributed by atoms with Crippen LogP contribution in [0.1, 0.15) is 129 Å². The molecule has 6 N–H and O–H groups in total. The van der Waals surface area contributed by atoms with Crippen molar-refractivity contribution in [2.75, 3.05) is 32.9 Å². The van der Waals surface area contributed by atoms with E-state index in [1.165, 1.54) is 103 Å². The van der Waals surface area contributed by atoms with Crippen molar-refractivity contribution < 1.29 is 24.7 Å². The highest BCUT2D eigenvalue weighted by atomic mass is 19.0. The molecule has 0 aromatic heterocycles. The number of unbranched alkanes of at least 4 members (excludes halogenated alkanes) is 15. The average Bonchev–Trinajstić information content (AvgIpc) is 2.77. The summed E-state index contributed by atoms with van der Waals surface area (Å²) in [5, 5.41) is 31.5. The van der Waals surface area contributed by atoms with E-state index >= 15 is 0 Å². The minimum atomic E-state index is -0.617. The Bertz CT molecular complexity index is 374. The van der Waals surface area contributed by atoms with E-state index < -0.39 is 5.54 Å². The highest BCUT2D eigenvalue weighted by molar-refractivity contribution is 4.92. The number of aliphatic hydroxyl groups excluding tert-OH is 3. The smallest absolute Gasteiger partial charge is 0.0448 e. The van der Waals surface area contributed by atoms with Crippen LogP contribution in [0.4, 0.5) is 9.41 Å². The molecule has 0 bridgehead atoms. The first kappa shape index (κ1) is 38.2. The molecule has 0 amide bonds. The summed E-state index contributed by atoms with van der Waals surface area (Å²) in [6, 6.07) is 0. The highest BCUT2D eigenvalue weighted by Gasteiger charge is 2.33. The lowest BCUT2D eigenvalue weighted by Gasteiger charge is -2.37. The van der Waals surface area contributed by atoms with Crippen LogP contribution in [0.15, 0.2) is 0 Å². The van der Waals surface area contributed by atoms with Crippen molar-refractivity contribution in [1.29, 1.82) is 0 Å². The number of nitrogens with two attached hydrogens (primary N) is 1. The second-order valence-electron chi connectivity index (χ2n) is 9.90. The first-order chi connectivity index (χ1) is 15.6. The van der Waals surface area contributed by atoms with E-state index in [1.54, 1.807) is 0 Å². The molecular formula is C27H60F2N2O3. The summed E-state index contributed by atoms with van der Waals surface area (Å²) in [6.07, 6.45) is 23.6. The summed E-state index contributed by atoms with van der Waals surface area (Å²) in [6.45, 7) is 4.09. The minimum Gasteiger partial charge on any atom is -0.396 e. The number of aliphatic hydroxyl groups is 3. The van der Waals surface area contributed by atoms with Gasteiger partial charge in [0.05, 0.1) is 0 Å². The topological polar surface area (TPSA) is 98.7 Å². The van der Waals surface area contributed by atoms with Crippen LogP contribution in [0.3, 0.4) is 0 Å². The Balaban J connectivity index is -0.00000480. The molecule has 0 radical (unpaired) electrons. The van der Waals surface area contributed by atoms with Gasteiger partial charge in [-0.05, 0) is 44.7 Å². The van der Waals surface area contributed by atoms with E-state index in [2.05, 4.69) is 12.2 Å². The predicted octanol–water partition coefficient (Wildman–Crippen LogP) is 5.60. The van der Waals surface area contributed by atoms with E-state index in [0.29, 0.717) is 19.3 Å². The Morgan fingerprint density at radius 1 is 0.618 bits per heavy atom. The van der Waals surface area contributed by atoms with Crippen LogP contribution in [0, 0.1) is 5.92 Å². The largest absolute Gasteiger partial charge is 0.396 e. The van der Waals surface area contributed by atoms with Crippen molar-refractivity contribution >= 4 is 0 Å². The molecule has 0 fully saturated rings. The van der Waals surface area contributed by atoms with Crippen LogP contribution in [-0.2, 0) is 0 Å². The van der Waals surface area contributed by atoms with Gasteiger partial charge in [0.15, 0.2) is 0 Å². The summed E-state index contributed by atoms with van der Waals surface area (Å²) in [5.74, 6) is 0.0628. The van der Waals surface area contributed by atoms with Crippen molar-refractivity contribution in [3.63, 3.8) is 0 Å². The van der Waals surface area contributed by atoms with Crippen molar-refractivity contribution in [3.05, 3.63) is 0 Å². The maximum Gasteiger partial charge on any atom is 0.0448 e. The monoisotopic (exact) mass is 498 g/mol. The molecule has 0 heterocycles. The van der Waals surface area contributed by atoms with Gasteiger partial charge in [0.25, 0.3) is 0 Å². The van der Waals surface area contributed by atoms with Crippen LogP contribution in [0.25, 0.3) is 0 Å². The Morgan fingerprint density at radius 3 is 1.35 bits per heavy atom. The lowest BCUT2D eigenvalue weighted by Crippen LogP contribution is -2.52. The van der Waals surface area contributed by atoms with Gasteiger partial charge in [-0.15, -0.1) is 0 Å². The quantitative estimate of drug-likeness (QED) is 0.1000. The highest BCUT2D eigenvalue weighted by Crippen LogP contribution is 2.25. The third kappa shape index (κ3) is 22.1.